The molecule has 1 aliphatic heterocycles. The molecule has 1 unspecified atom stereocenters. The summed E-state index contributed by atoms with van der Waals surface area (Å²) in [6.45, 7) is 7.73. The first-order valence-corrected chi connectivity index (χ1v) is 7.60. The molecule has 0 spiro atoms. The van der Waals surface area contributed by atoms with Crippen LogP contribution in [-0.4, -0.2) is 32.1 Å². The Hall–Kier alpha value is -1.71. The van der Waals surface area contributed by atoms with Gasteiger partial charge in [0.15, 0.2) is 0 Å². The summed E-state index contributed by atoms with van der Waals surface area (Å²) >= 11 is 0. The van der Waals surface area contributed by atoms with Crippen LogP contribution in [-0.2, 0) is 4.79 Å². The second-order valence-electron chi connectivity index (χ2n) is 6.71. The Bertz CT molecular complexity index is 494. The maximum atomic E-state index is 12.1. The van der Waals surface area contributed by atoms with E-state index >= 15 is 0 Å². The van der Waals surface area contributed by atoms with Gasteiger partial charge in [-0.25, -0.2) is 0 Å². The molecule has 1 aliphatic rings. The van der Waals surface area contributed by atoms with Crippen molar-refractivity contribution in [2.24, 2.45) is 5.41 Å². The van der Waals surface area contributed by atoms with Gasteiger partial charge >= 0.3 is 0 Å². The molecule has 0 radical (unpaired) electrons. The Balaban J connectivity index is 2.02. The van der Waals surface area contributed by atoms with Crippen molar-refractivity contribution in [1.82, 2.24) is 5.32 Å². The minimum atomic E-state index is -0.335. The SMILES string of the molecule is COc1cccc(N2CCCC(NC(=O)C(C)(C)C)C2)c1. The number of piperidine rings is 1. The van der Waals surface area contributed by atoms with Crippen molar-refractivity contribution >= 4 is 11.6 Å². The van der Waals surface area contributed by atoms with Crippen molar-refractivity contribution in [2.45, 2.75) is 39.7 Å². The van der Waals surface area contributed by atoms with Crippen LogP contribution >= 0.6 is 0 Å². The van der Waals surface area contributed by atoms with Gasteiger partial charge in [-0.3, -0.25) is 4.79 Å². The maximum absolute atomic E-state index is 12.1. The Labute approximate surface area is 127 Å². The van der Waals surface area contributed by atoms with Crippen LogP contribution < -0.4 is 15.0 Å². The molecule has 0 saturated carbocycles. The van der Waals surface area contributed by atoms with Crippen LogP contribution in [0.1, 0.15) is 33.6 Å². The molecule has 1 aromatic rings. The van der Waals surface area contributed by atoms with Crippen LogP contribution in [0.15, 0.2) is 24.3 Å². The third-order valence-electron chi connectivity index (χ3n) is 3.86. The molecular formula is C17H26N2O2. The molecule has 1 N–H and O–H groups in total. The average Bonchev–Trinajstić information content (AvgIpc) is 2.46. The van der Waals surface area contributed by atoms with Crippen LogP contribution in [0.4, 0.5) is 5.69 Å². The van der Waals surface area contributed by atoms with Gasteiger partial charge in [0, 0.05) is 36.3 Å². The standard InChI is InChI=1S/C17H26N2O2/c1-17(2,3)16(20)18-13-7-6-10-19(12-13)14-8-5-9-15(11-14)21-4/h5,8-9,11,13H,6-7,10,12H2,1-4H3,(H,18,20). The average molecular weight is 290 g/mol. The number of benzene rings is 1. The highest BCUT2D eigenvalue weighted by Crippen LogP contribution is 2.24. The number of nitrogens with zero attached hydrogens (tertiary/aromatic N) is 1. The topological polar surface area (TPSA) is 41.6 Å². The molecule has 116 valence electrons. The number of hydrogen-bond acceptors (Lipinski definition) is 3. The van der Waals surface area contributed by atoms with E-state index in [0.29, 0.717) is 0 Å². The van der Waals surface area contributed by atoms with Gasteiger partial charge in [0.05, 0.1) is 7.11 Å². The summed E-state index contributed by atoms with van der Waals surface area (Å²) in [6.07, 6.45) is 2.13. The Morgan fingerprint density at radius 3 is 2.81 bits per heavy atom. The van der Waals surface area contributed by atoms with Gasteiger partial charge in [0.1, 0.15) is 5.75 Å². The molecule has 21 heavy (non-hydrogen) atoms. The summed E-state index contributed by atoms with van der Waals surface area (Å²) < 4.78 is 5.29. The van der Waals surface area contributed by atoms with Gasteiger partial charge in [-0.05, 0) is 25.0 Å². The molecule has 1 amide bonds. The van der Waals surface area contributed by atoms with Crippen LogP contribution in [0.3, 0.4) is 0 Å². The normalized spacial score (nSPS) is 19.2. The van der Waals surface area contributed by atoms with Crippen molar-refractivity contribution in [3.8, 4) is 5.75 Å². The van der Waals surface area contributed by atoms with Gasteiger partial charge < -0.3 is 15.0 Å². The molecule has 0 aliphatic carbocycles. The zero-order chi connectivity index (χ0) is 15.5. The van der Waals surface area contributed by atoms with E-state index in [1.807, 2.05) is 39.0 Å². The first kappa shape index (κ1) is 15.7. The monoisotopic (exact) mass is 290 g/mol. The summed E-state index contributed by atoms with van der Waals surface area (Å²) in [5.41, 5.74) is 0.821. The summed E-state index contributed by atoms with van der Waals surface area (Å²) in [4.78, 5) is 14.4. The number of nitrogens with one attached hydrogen (secondary N) is 1. The summed E-state index contributed by atoms with van der Waals surface area (Å²) in [6, 6.07) is 8.32. The lowest BCUT2D eigenvalue weighted by atomic mass is 9.94. The van der Waals surface area contributed by atoms with Crippen molar-refractivity contribution in [2.75, 3.05) is 25.1 Å². The number of anilines is 1. The third-order valence-corrected chi connectivity index (χ3v) is 3.86. The van der Waals surface area contributed by atoms with Crippen molar-refractivity contribution in [3.63, 3.8) is 0 Å². The highest BCUT2D eigenvalue weighted by Gasteiger charge is 2.27. The van der Waals surface area contributed by atoms with Gasteiger partial charge in [-0.1, -0.05) is 26.8 Å². The smallest absolute Gasteiger partial charge is 0.225 e. The molecule has 0 aromatic heterocycles. The maximum Gasteiger partial charge on any atom is 0.225 e. The van der Waals surface area contributed by atoms with E-state index in [4.69, 9.17) is 4.74 Å². The van der Waals surface area contributed by atoms with Crippen molar-refractivity contribution in [3.05, 3.63) is 24.3 Å². The minimum absolute atomic E-state index is 0.125. The van der Waals surface area contributed by atoms with Crippen molar-refractivity contribution < 1.29 is 9.53 Å². The lowest BCUT2D eigenvalue weighted by Crippen LogP contribution is -2.50. The molecule has 1 atom stereocenters. The van der Waals surface area contributed by atoms with Crippen LogP contribution in [0, 0.1) is 5.41 Å². The van der Waals surface area contributed by atoms with E-state index in [2.05, 4.69) is 16.3 Å². The lowest BCUT2D eigenvalue weighted by Gasteiger charge is -2.36. The second kappa shape index (κ2) is 6.37. The van der Waals surface area contributed by atoms with Crippen LogP contribution in [0.25, 0.3) is 0 Å². The molecule has 1 saturated heterocycles. The van der Waals surface area contributed by atoms with E-state index < -0.39 is 0 Å². The Morgan fingerprint density at radius 2 is 2.14 bits per heavy atom. The Morgan fingerprint density at radius 1 is 1.38 bits per heavy atom. The second-order valence-corrected chi connectivity index (χ2v) is 6.71. The number of ether oxygens (including phenoxy) is 1. The highest BCUT2D eigenvalue weighted by atomic mass is 16.5. The molecule has 4 heteroatoms. The van der Waals surface area contributed by atoms with Crippen LogP contribution in [0.5, 0.6) is 5.75 Å². The summed E-state index contributed by atoms with van der Waals surface area (Å²) in [7, 11) is 1.68. The fraction of sp³-hybridized carbons (Fsp3) is 0.588. The van der Waals surface area contributed by atoms with Gasteiger partial charge in [-0.15, -0.1) is 0 Å². The number of carbonyl (C=O) groups is 1. The number of carbonyl (C=O) groups excluding carboxylic acids is 1. The zero-order valence-corrected chi connectivity index (χ0v) is 13.5. The van der Waals surface area contributed by atoms with Gasteiger partial charge in [0.25, 0.3) is 0 Å². The highest BCUT2D eigenvalue weighted by molar-refractivity contribution is 5.81. The molecule has 1 fully saturated rings. The molecule has 4 nitrogen and oxygen atoms in total. The fourth-order valence-electron chi connectivity index (χ4n) is 2.54. The Kier molecular flexibility index (Phi) is 4.76. The summed E-state index contributed by atoms with van der Waals surface area (Å²) in [5.74, 6) is 0.994. The number of amides is 1. The quantitative estimate of drug-likeness (QED) is 0.930. The van der Waals surface area contributed by atoms with E-state index in [1.54, 1.807) is 7.11 Å². The lowest BCUT2D eigenvalue weighted by molar-refractivity contribution is -0.129. The van der Waals surface area contributed by atoms with Crippen LogP contribution in [0.2, 0.25) is 0 Å². The zero-order valence-electron chi connectivity index (χ0n) is 13.5. The fourth-order valence-corrected chi connectivity index (χ4v) is 2.54. The predicted octanol–water partition coefficient (Wildman–Crippen LogP) is 2.83. The molecule has 2 rings (SSSR count). The third kappa shape index (κ3) is 4.13. The van der Waals surface area contributed by atoms with E-state index in [-0.39, 0.29) is 17.4 Å². The first-order valence-electron chi connectivity index (χ1n) is 7.60. The number of methoxy groups -OCH3 is 1. The molecular weight excluding hydrogens is 264 g/mol. The van der Waals surface area contributed by atoms with Crippen molar-refractivity contribution in [1.29, 1.82) is 0 Å². The number of rotatable bonds is 3. The van der Waals surface area contributed by atoms with E-state index in [9.17, 15) is 4.79 Å². The van der Waals surface area contributed by atoms with E-state index in [0.717, 1.165) is 37.4 Å². The number of hydrogen-bond donors (Lipinski definition) is 1. The largest absolute Gasteiger partial charge is 0.497 e. The van der Waals surface area contributed by atoms with Gasteiger partial charge in [-0.2, -0.15) is 0 Å². The molecule has 1 aromatic carbocycles. The van der Waals surface area contributed by atoms with Gasteiger partial charge in [0.2, 0.25) is 5.91 Å². The predicted molar refractivity (Wildman–Crippen MR) is 85.8 cm³/mol. The summed E-state index contributed by atoms with van der Waals surface area (Å²) in [5, 5.41) is 3.18. The minimum Gasteiger partial charge on any atom is -0.497 e. The molecule has 1 heterocycles. The first-order chi connectivity index (χ1) is 9.90. The molecule has 0 bridgehead atoms. The van der Waals surface area contributed by atoms with E-state index in [1.165, 1.54) is 0 Å².